The molecule has 0 bridgehead atoms. The highest BCUT2D eigenvalue weighted by Crippen LogP contribution is 2.26. The Morgan fingerprint density at radius 1 is 1.36 bits per heavy atom. The maximum atomic E-state index is 13.5. The molecule has 2 amide bonds. The van der Waals surface area contributed by atoms with Crippen molar-refractivity contribution in [3.63, 3.8) is 0 Å². The van der Waals surface area contributed by atoms with Gasteiger partial charge in [-0.2, -0.15) is 0 Å². The molecule has 1 aromatic heterocycles. The van der Waals surface area contributed by atoms with Crippen LogP contribution in [0.1, 0.15) is 25.3 Å². The van der Waals surface area contributed by atoms with Gasteiger partial charge in [-0.25, -0.2) is 4.39 Å². The molecule has 25 heavy (non-hydrogen) atoms. The summed E-state index contributed by atoms with van der Waals surface area (Å²) in [6.07, 6.45) is -0.171. The number of halogens is 1. The van der Waals surface area contributed by atoms with E-state index in [-0.39, 0.29) is 24.1 Å². The number of aryl methyl sites for hydroxylation is 1. The fourth-order valence-corrected chi connectivity index (χ4v) is 2.11. The van der Waals surface area contributed by atoms with Crippen molar-refractivity contribution in [3.8, 4) is 5.75 Å². The van der Waals surface area contributed by atoms with Gasteiger partial charge in [0, 0.05) is 19.2 Å². The van der Waals surface area contributed by atoms with E-state index in [1.54, 1.807) is 26.8 Å². The van der Waals surface area contributed by atoms with Crippen molar-refractivity contribution in [2.24, 2.45) is 0 Å². The van der Waals surface area contributed by atoms with Crippen LogP contribution >= 0.6 is 0 Å². The average Bonchev–Trinajstić information content (AvgIpc) is 2.93. The van der Waals surface area contributed by atoms with Crippen molar-refractivity contribution in [3.05, 3.63) is 41.5 Å². The molecule has 2 rings (SSSR count). The highest BCUT2D eigenvalue weighted by Gasteiger charge is 2.21. The Kier molecular flexibility index (Phi) is 5.74. The molecule has 8 heteroatoms. The van der Waals surface area contributed by atoms with Gasteiger partial charge in [-0.1, -0.05) is 5.16 Å². The summed E-state index contributed by atoms with van der Waals surface area (Å²) in [7, 11) is 1.46. The van der Waals surface area contributed by atoms with E-state index >= 15 is 0 Å². The normalized spacial score (nSPS) is 10.6. The van der Waals surface area contributed by atoms with Crippen molar-refractivity contribution in [1.82, 2.24) is 10.1 Å². The van der Waals surface area contributed by atoms with E-state index in [0.29, 0.717) is 11.5 Å². The quantitative estimate of drug-likeness (QED) is 0.839. The highest BCUT2D eigenvalue weighted by molar-refractivity contribution is 6.39. The predicted octanol–water partition coefficient (Wildman–Crippen LogP) is 2.51. The fourth-order valence-electron chi connectivity index (χ4n) is 2.11. The van der Waals surface area contributed by atoms with Crippen LogP contribution in [0, 0.1) is 12.7 Å². The highest BCUT2D eigenvalue weighted by atomic mass is 19.1. The van der Waals surface area contributed by atoms with Gasteiger partial charge >= 0.3 is 11.8 Å². The van der Waals surface area contributed by atoms with Gasteiger partial charge in [-0.3, -0.25) is 9.59 Å². The second-order valence-corrected chi connectivity index (χ2v) is 5.85. The lowest BCUT2D eigenvalue weighted by atomic mass is 10.2. The third-order valence-corrected chi connectivity index (χ3v) is 3.17. The second-order valence-electron chi connectivity index (χ2n) is 5.85. The molecule has 0 saturated carbocycles. The number of carbonyl (C=O) groups is 2. The monoisotopic (exact) mass is 349 g/mol. The zero-order valence-corrected chi connectivity index (χ0v) is 14.5. The second kappa shape index (κ2) is 7.78. The summed E-state index contributed by atoms with van der Waals surface area (Å²) in [5.74, 6) is -1.35. The van der Waals surface area contributed by atoms with Gasteiger partial charge in [0.05, 0.1) is 18.3 Å². The number of amides is 2. The molecule has 0 radical (unpaired) electrons. The Labute approximate surface area is 144 Å². The minimum absolute atomic E-state index is 0.0951. The third kappa shape index (κ3) is 5.03. The molecule has 134 valence electrons. The Hall–Kier alpha value is -2.90. The molecule has 2 aromatic rings. The standard InChI is InChI=1S/C17H20FN3O4/c1-10(2)24-15-6-5-12(18)8-14(15)19-16(22)17(23)21(4)9-13-7-11(3)25-20-13/h5-8,10H,9H2,1-4H3,(H,19,22). The molecule has 0 aliphatic carbocycles. The summed E-state index contributed by atoms with van der Waals surface area (Å²) >= 11 is 0. The smallest absolute Gasteiger partial charge is 0.314 e. The lowest BCUT2D eigenvalue weighted by Gasteiger charge is -2.17. The van der Waals surface area contributed by atoms with Crippen molar-refractivity contribution in [2.45, 2.75) is 33.4 Å². The minimum Gasteiger partial charge on any atom is -0.489 e. The van der Waals surface area contributed by atoms with Gasteiger partial charge < -0.3 is 19.5 Å². The van der Waals surface area contributed by atoms with Gasteiger partial charge in [0.15, 0.2) is 0 Å². The lowest BCUT2D eigenvalue weighted by molar-refractivity contribution is -0.142. The van der Waals surface area contributed by atoms with Gasteiger partial charge in [-0.05, 0) is 32.9 Å². The minimum atomic E-state index is -0.901. The number of nitrogens with zero attached hydrogens (tertiary/aromatic N) is 2. The van der Waals surface area contributed by atoms with Crippen LogP contribution in [0.4, 0.5) is 10.1 Å². The van der Waals surface area contributed by atoms with E-state index in [9.17, 15) is 14.0 Å². The van der Waals surface area contributed by atoms with Crippen molar-refractivity contribution in [1.29, 1.82) is 0 Å². The summed E-state index contributed by atoms with van der Waals surface area (Å²) in [6.45, 7) is 5.44. The van der Waals surface area contributed by atoms with E-state index in [2.05, 4.69) is 10.5 Å². The summed E-state index contributed by atoms with van der Waals surface area (Å²) in [4.78, 5) is 25.6. The van der Waals surface area contributed by atoms with Gasteiger partial charge in [0.1, 0.15) is 23.0 Å². The molecule has 1 heterocycles. The third-order valence-electron chi connectivity index (χ3n) is 3.17. The van der Waals surface area contributed by atoms with E-state index in [1.807, 2.05) is 0 Å². The average molecular weight is 349 g/mol. The number of aromatic nitrogens is 1. The van der Waals surface area contributed by atoms with Crippen molar-refractivity contribution in [2.75, 3.05) is 12.4 Å². The fraction of sp³-hybridized carbons (Fsp3) is 0.353. The van der Waals surface area contributed by atoms with Crippen molar-refractivity contribution < 1.29 is 23.2 Å². The maximum absolute atomic E-state index is 13.5. The molecular formula is C17H20FN3O4. The zero-order valence-electron chi connectivity index (χ0n) is 14.5. The summed E-state index contributed by atoms with van der Waals surface area (Å²) < 4.78 is 23.9. The number of likely N-dealkylation sites (N-methyl/N-ethyl adjacent to an activating group) is 1. The number of benzene rings is 1. The molecule has 0 aliphatic heterocycles. The molecule has 7 nitrogen and oxygen atoms in total. The molecule has 0 saturated heterocycles. The van der Waals surface area contributed by atoms with Crippen LogP contribution in [0.15, 0.2) is 28.8 Å². The lowest BCUT2D eigenvalue weighted by Crippen LogP contribution is -2.36. The largest absolute Gasteiger partial charge is 0.489 e. The van der Waals surface area contributed by atoms with Crippen LogP contribution in [0.25, 0.3) is 0 Å². The first-order valence-electron chi connectivity index (χ1n) is 7.71. The molecule has 1 N–H and O–H groups in total. The zero-order chi connectivity index (χ0) is 18.6. The topological polar surface area (TPSA) is 84.7 Å². The number of nitrogens with one attached hydrogen (secondary N) is 1. The van der Waals surface area contributed by atoms with Crippen molar-refractivity contribution >= 4 is 17.5 Å². The Morgan fingerprint density at radius 2 is 2.08 bits per heavy atom. The predicted molar refractivity (Wildman–Crippen MR) is 88.5 cm³/mol. The molecule has 0 aliphatic rings. The van der Waals surface area contributed by atoms with Crippen LogP contribution in [0.5, 0.6) is 5.75 Å². The number of ether oxygens (including phenoxy) is 1. The van der Waals surface area contributed by atoms with Gasteiger partial charge in [-0.15, -0.1) is 0 Å². The summed E-state index contributed by atoms with van der Waals surface area (Å²) in [5, 5.41) is 6.16. The van der Waals surface area contributed by atoms with E-state index < -0.39 is 17.6 Å². The Balaban J connectivity index is 2.07. The number of hydrogen-bond acceptors (Lipinski definition) is 5. The molecule has 1 aromatic carbocycles. The maximum Gasteiger partial charge on any atom is 0.314 e. The first kappa shape index (κ1) is 18.4. The Bertz CT molecular complexity index is 773. The van der Waals surface area contributed by atoms with E-state index in [4.69, 9.17) is 9.26 Å². The molecular weight excluding hydrogens is 329 g/mol. The van der Waals surface area contributed by atoms with Crippen LogP contribution in [-0.4, -0.2) is 35.0 Å². The number of hydrogen-bond donors (Lipinski definition) is 1. The van der Waals surface area contributed by atoms with Crippen LogP contribution < -0.4 is 10.1 Å². The van der Waals surface area contributed by atoms with Gasteiger partial charge in [0.2, 0.25) is 0 Å². The number of anilines is 1. The SMILES string of the molecule is Cc1cc(CN(C)C(=O)C(=O)Nc2cc(F)ccc2OC(C)C)no1. The molecule has 0 fully saturated rings. The van der Waals surface area contributed by atoms with Crippen LogP contribution in [0.2, 0.25) is 0 Å². The van der Waals surface area contributed by atoms with Gasteiger partial charge in [0.25, 0.3) is 0 Å². The first-order chi connectivity index (χ1) is 11.8. The van der Waals surface area contributed by atoms with E-state index in [0.717, 1.165) is 6.07 Å². The first-order valence-corrected chi connectivity index (χ1v) is 7.71. The summed E-state index contributed by atoms with van der Waals surface area (Å²) in [6, 6.07) is 5.39. The molecule has 0 unspecified atom stereocenters. The van der Waals surface area contributed by atoms with Crippen LogP contribution in [-0.2, 0) is 16.1 Å². The molecule has 0 spiro atoms. The number of rotatable bonds is 5. The Morgan fingerprint density at radius 3 is 2.68 bits per heavy atom. The summed E-state index contributed by atoms with van der Waals surface area (Å²) in [5.41, 5.74) is 0.619. The van der Waals surface area contributed by atoms with Crippen LogP contribution in [0.3, 0.4) is 0 Å². The molecule has 0 atom stereocenters. The van der Waals surface area contributed by atoms with E-state index in [1.165, 1.54) is 24.1 Å². The number of carbonyl (C=O) groups excluding carboxylic acids is 2.